The van der Waals surface area contributed by atoms with Gasteiger partial charge in [0.25, 0.3) is 0 Å². The first-order valence-electron chi connectivity index (χ1n) is 7.07. The summed E-state index contributed by atoms with van der Waals surface area (Å²) in [6.45, 7) is 6.62. The summed E-state index contributed by atoms with van der Waals surface area (Å²) in [6.07, 6.45) is -0.0409. The van der Waals surface area contributed by atoms with Crippen molar-refractivity contribution in [1.82, 2.24) is 4.90 Å². The number of hydrogen-bond acceptors (Lipinski definition) is 2. The Morgan fingerprint density at radius 1 is 1.29 bits per heavy atom. The minimum Gasteiger partial charge on any atom is -0.481 e. The van der Waals surface area contributed by atoms with Crippen LogP contribution in [0, 0.1) is 5.92 Å². The Hall–Kier alpha value is -1.55. The summed E-state index contributed by atoms with van der Waals surface area (Å²) < 4.78 is 0. The Morgan fingerprint density at radius 3 is 2.48 bits per heavy atom. The molecule has 0 aliphatic rings. The van der Waals surface area contributed by atoms with Gasteiger partial charge in [0, 0.05) is 18.1 Å². The van der Waals surface area contributed by atoms with Gasteiger partial charge in [-0.2, -0.15) is 0 Å². The first kappa shape index (κ1) is 17.5. The lowest BCUT2D eigenvalue weighted by molar-refractivity contribution is -0.139. The highest BCUT2D eigenvalue weighted by Crippen LogP contribution is 2.22. The predicted molar refractivity (Wildman–Crippen MR) is 83.5 cm³/mol. The van der Waals surface area contributed by atoms with Crippen LogP contribution in [0.3, 0.4) is 0 Å². The number of hydrogen-bond donors (Lipinski definition) is 1. The summed E-state index contributed by atoms with van der Waals surface area (Å²) in [4.78, 5) is 25.0. The van der Waals surface area contributed by atoms with Gasteiger partial charge in [-0.15, -0.1) is 0 Å². The molecular weight excluding hydrogens is 290 g/mol. The van der Waals surface area contributed by atoms with E-state index < -0.39 is 5.97 Å². The molecule has 1 aromatic rings. The van der Waals surface area contributed by atoms with Crippen LogP contribution in [0.25, 0.3) is 0 Å². The van der Waals surface area contributed by atoms with Crippen LogP contribution in [0.5, 0.6) is 0 Å². The summed E-state index contributed by atoms with van der Waals surface area (Å²) in [6, 6.07) is 7.21. The largest absolute Gasteiger partial charge is 0.481 e. The van der Waals surface area contributed by atoms with E-state index in [1.54, 1.807) is 17.0 Å². The molecule has 0 heterocycles. The number of rotatable bonds is 7. The number of carboxylic acids is 1. The maximum Gasteiger partial charge on any atom is 0.305 e. The van der Waals surface area contributed by atoms with Crippen LogP contribution in [0.2, 0.25) is 5.02 Å². The van der Waals surface area contributed by atoms with Gasteiger partial charge >= 0.3 is 5.97 Å². The van der Waals surface area contributed by atoms with Gasteiger partial charge < -0.3 is 10.0 Å². The Labute approximate surface area is 130 Å². The molecule has 1 atom stereocenters. The Morgan fingerprint density at radius 2 is 1.95 bits per heavy atom. The van der Waals surface area contributed by atoms with Crippen molar-refractivity contribution in [3.05, 3.63) is 34.9 Å². The van der Waals surface area contributed by atoms with Gasteiger partial charge in [0.2, 0.25) is 5.91 Å². The topological polar surface area (TPSA) is 57.6 Å². The molecule has 1 rings (SSSR count). The van der Waals surface area contributed by atoms with E-state index in [-0.39, 0.29) is 30.7 Å². The molecular formula is C16H22ClNO3. The molecule has 0 aliphatic heterocycles. The van der Waals surface area contributed by atoms with Gasteiger partial charge in [-0.1, -0.05) is 37.6 Å². The highest BCUT2D eigenvalue weighted by Gasteiger charge is 2.23. The summed E-state index contributed by atoms with van der Waals surface area (Å²) in [7, 11) is 0. The van der Waals surface area contributed by atoms with Gasteiger partial charge in [-0.3, -0.25) is 9.59 Å². The zero-order valence-electron chi connectivity index (χ0n) is 12.7. The Balaban J connectivity index is 2.85. The molecule has 4 nitrogen and oxygen atoms in total. The van der Waals surface area contributed by atoms with E-state index in [0.717, 1.165) is 5.56 Å². The number of halogens is 1. The monoisotopic (exact) mass is 311 g/mol. The fraction of sp³-hybridized carbons (Fsp3) is 0.500. The zero-order valence-corrected chi connectivity index (χ0v) is 13.4. The predicted octanol–water partition coefficient (Wildman–Crippen LogP) is 3.40. The standard InChI is InChI=1S/C16H22ClNO3/c1-11(2)10-18(8-7-15(19)20)16(21)12(3)13-5-4-6-14(17)9-13/h4-6,9,11-12H,7-8,10H2,1-3H3,(H,19,20). The molecule has 1 aromatic carbocycles. The molecule has 21 heavy (non-hydrogen) atoms. The van der Waals surface area contributed by atoms with Crippen molar-refractivity contribution >= 4 is 23.5 Å². The number of carboxylic acid groups (broad SMARTS) is 1. The number of carbonyl (C=O) groups is 2. The number of aliphatic carboxylic acids is 1. The smallest absolute Gasteiger partial charge is 0.305 e. The fourth-order valence-corrected chi connectivity index (χ4v) is 2.35. The van der Waals surface area contributed by atoms with E-state index in [0.29, 0.717) is 11.6 Å². The van der Waals surface area contributed by atoms with Crippen molar-refractivity contribution in [3.8, 4) is 0 Å². The first-order valence-corrected chi connectivity index (χ1v) is 7.45. The van der Waals surface area contributed by atoms with E-state index in [1.165, 1.54) is 0 Å². The second-order valence-electron chi connectivity index (χ2n) is 5.60. The van der Waals surface area contributed by atoms with E-state index in [9.17, 15) is 9.59 Å². The Kier molecular flexibility index (Phi) is 6.69. The van der Waals surface area contributed by atoms with E-state index >= 15 is 0 Å². The third kappa shape index (κ3) is 5.76. The van der Waals surface area contributed by atoms with Crippen molar-refractivity contribution in [2.75, 3.05) is 13.1 Å². The SMILES string of the molecule is CC(C)CN(CCC(=O)O)C(=O)C(C)c1cccc(Cl)c1. The molecule has 5 heteroatoms. The summed E-state index contributed by atoms with van der Waals surface area (Å²) in [5.74, 6) is -1.01. The molecule has 116 valence electrons. The second-order valence-corrected chi connectivity index (χ2v) is 6.03. The highest BCUT2D eigenvalue weighted by atomic mass is 35.5. The molecule has 0 saturated carbocycles. The van der Waals surface area contributed by atoms with Crippen LogP contribution in [-0.2, 0) is 9.59 Å². The number of amides is 1. The van der Waals surface area contributed by atoms with Gasteiger partial charge in [0.15, 0.2) is 0 Å². The molecule has 0 aliphatic carbocycles. The molecule has 0 radical (unpaired) electrons. The average Bonchev–Trinajstić information content (AvgIpc) is 2.41. The third-order valence-corrected chi connectivity index (χ3v) is 3.45. The molecule has 1 unspecified atom stereocenters. The minimum atomic E-state index is -0.896. The quantitative estimate of drug-likeness (QED) is 0.839. The maximum atomic E-state index is 12.6. The number of benzene rings is 1. The highest BCUT2D eigenvalue weighted by molar-refractivity contribution is 6.30. The molecule has 0 spiro atoms. The number of nitrogens with zero attached hydrogens (tertiary/aromatic N) is 1. The lowest BCUT2D eigenvalue weighted by Crippen LogP contribution is -2.38. The zero-order chi connectivity index (χ0) is 16.0. The van der Waals surface area contributed by atoms with Crippen molar-refractivity contribution < 1.29 is 14.7 Å². The molecule has 0 saturated heterocycles. The van der Waals surface area contributed by atoms with Crippen LogP contribution in [0.4, 0.5) is 0 Å². The van der Waals surface area contributed by atoms with Gasteiger partial charge in [0.05, 0.1) is 12.3 Å². The van der Waals surface area contributed by atoms with Crippen LogP contribution < -0.4 is 0 Å². The van der Waals surface area contributed by atoms with E-state index in [2.05, 4.69) is 0 Å². The molecule has 0 fully saturated rings. The average molecular weight is 312 g/mol. The number of carbonyl (C=O) groups excluding carboxylic acids is 1. The minimum absolute atomic E-state index is 0.0409. The second kappa shape index (κ2) is 8.03. The van der Waals surface area contributed by atoms with Crippen LogP contribution in [-0.4, -0.2) is 35.0 Å². The maximum absolute atomic E-state index is 12.6. The van der Waals surface area contributed by atoms with E-state index in [1.807, 2.05) is 32.9 Å². The third-order valence-electron chi connectivity index (χ3n) is 3.21. The van der Waals surface area contributed by atoms with Crippen LogP contribution in [0.1, 0.15) is 38.7 Å². The van der Waals surface area contributed by atoms with E-state index in [4.69, 9.17) is 16.7 Å². The summed E-state index contributed by atoms with van der Waals surface area (Å²) in [5.41, 5.74) is 0.844. The van der Waals surface area contributed by atoms with Crippen LogP contribution >= 0.6 is 11.6 Å². The fourth-order valence-electron chi connectivity index (χ4n) is 2.16. The molecule has 1 amide bonds. The normalized spacial score (nSPS) is 12.2. The van der Waals surface area contributed by atoms with Gasteiger partial charge in [-0.05, 0) is 30.5 Å². The van der Waals surface area contributed by atoms with Crippen molar-refractivity contribution in [2.24, 2.45) is 5.92 Å². The first-order chi connectivity index (χ1) is 9.81. The van der Waals surface area contributed by atoms with Crippen molar-refractivity contribution in [3.63, 3.8) is 0 Å². The lowest BCUT2D eigenvalue weighted by Gasteiger charge is -2.27. The molecule has 1 N–H and O–H groups in total. The summed E-state index contributed by atoms with van der Waals surface area (Å²) >= 11 is 5.96. The summed E-state index contributed by atoms with van der Waals surface area (Å²) in [5, 5.41) is 9.41. The molecule has 0 aromatic heterocycles. The van der Waals surface area contributed by atoms with Crippen molar-refractivity contribution in [1.29, 1.82) is 0 Å². The van der Waals surface area contributed by atoms with Gasteiger partial charge in [-0.25, -0.2) is 0 Å². The van der Waals surface area contributed by atoms with Crippen molar-refractivity contribution in [2.45, 2.75) is 33.1 Å². The lowest BCUT2D eigenvalue weighted by atomic mass is 9.99. The van der Waals surface area contributed by atoms with Gasteiger partial charge in [0.1, 0.15) is 0 Å². The molecule has 0 bridgehead atoms. The Bertz CT molecular complexity index is 502. The van der Waals surface area contributed by atoms with Crippen LogP contribution in [0.15, 0.2) is 24.3 Å².